The number of rotatable bonds is 6. The Morgan fingerprint density at radius 3 is 1.60 bits per heavy atom. The van der Waals surface area contributed by atoms with Crippen molar-refractivity contribution < 1.29 is 26.3 Å². The topological polar surface area (TPSA) is 20.3 Å². The summed E-state index contributed by atoms with van der Waals surface area (Å²) in [6, 6.07) is 20.4. The van der Waals surface area contributed by atoms with Crippen molar-refractivity contribution in [3.05, 3.63) is 71.8 Å². The Bertz CT molecular complexity index is 624. The number of halogens is 1. The van der Waals surface area contributed by atoms with Gasteiger partial charge in [-0.3, -0.25) is 4.79 Å². The van der Waals surface area contributed by atoms with Crippen LogP contribution in [-0.2, 0) is 10.2 Å². The number of carbonyl (C=O) groups is 1. The molecule has 2 aromatic carbocycles. The minimum Gasteiger partial charge on any atom is -1.00 e. The number of likely N-dealkylation sites (N-methyl/N-ethyl adjacent to an activating group) is 1. The lowest BCUT2D eigenvalue weighted by Crippen LogP contribution is -3.00. The van der Waals surface area contributed by atoms with E-state index in [1.54, 1.807) is 4.90 Å². The molecule has 0 saturated carbocycles. The van der Waals surface area contributed by atoms with E-state index >= 15 is 0 Å². The summed E-state index contributed by atoms with van der Waals surface area (Å²) in [4.78, 5) is 15.1. The second-order valence-electron chi connectivity index (χ2n) is 7.60. The van der Waals surface area contributed by atoms with Crippen molar-refractivity contribution in [3.63, 3.8) is 0 Å². The molecule has 0 spiro atoms. The molecule has 0 aliphatic heterocycles. The normalized spacial score (nSPS) is 11.6. The van der Waals surface area contributed by atoms with Gasteiger partial charge in [-0.25, -0.2) is 0 Å². The number of nitrogens with zero attached hydrogens (tertiary/aromatic N) is 2. The van der Waals surface area contributed by atoms with Crippen molar-refractivity contribution in [1.82, 2.24) is 4.90 Å². The molecule has 4 heteroatoms. The molecule has 0 saturated heterocycles. The molecule has 136 valence electrons. The van der Waals surface area contributed by atoms with Crippen LogP contribution in [0.15, 0.2) is 60.7 Å². The molecule has 1 amide bonds. The van der Waals surface area contributed by atoms with E-state index in [-0.39, 0.29) is 22.9 Å². The van der Waals surface area contributed by atoms with Gasteiger partial charge in [0.15, 0.2) is 0 Å². The lowest BCUT2D eigenvalue weighted by atomic mass is 9.70. The van der Waals surface area contributed by atoms with Crippen molar-refractivity contribution in [1.29, 1.82) is 0 Å². The van der Waals surface area contributed by atoms with Gasteiger partial charge in [-0.2, -0.15) is 0 Å². The maximum atomic E-state index is 13.4. The molecular weight excluding hydrogens is 376 g/mol. The van der Waals surface area contributed by atoms with Crippen molar-refractivity contribution in [2.45, 2.75) is 11.8 Å². The average Bonchev–Trinajstić information content (AvgIpc) is 2.56. The van der Waals surface area contributed by atoms with E-state index < -0.39 is 5.41 Å². The Labute approximate surface area is 162 Å². The van der Waals surface area contributed by atoms with Crippen LogP contribution in [-0.4, -0.2) is 57.1 Å². The summed E-state index contributed by atoms with van der Waals surface area (Å²) >= 11 is 0. The molecule has 2 rings (SSSR count). The van der Waals surface area contributed by atoms with Crippen LogP contribution in [0, 0.1) is 0 Å². The van der Waals surface area contributed by atoms with Crippen LogP contribution in [0.25, 0.3) is 0 Å². The highest BCUT2D eigenvalue weighted by Gasteiger charge is 2.43. The zero-order valence-corrected chi connectivity index (χ0v) is 17.5. The average molecular weight is 405 g/mol. The van der Waals surface area contributed by atoms with E-state index in [0.29, 0.717) is 0 Å². The number of quaternary nitrogens is 1. The summed E-state index contributed by atoms with van der Waals surface area (Å²) < 4.78 is 0.822. The largest absolute Gasteiger partial charge is 1.00 e. The van der Waals surface area contributed by atoms with Crippen molar-refractivity contribution in [2.24, 2.45) is 0 Å². The smallest absolute Gasteiger partial charge is 0.237 e. The predicted molar refractivity (Wildman–Crippen MR) is 99.9 cm³/mol. The van der Waals surface area contributed by atoms with Gasteiger partial charge in [-0.1, -0.05) is 60.7 Å². The lowest BCUT2D eigenvalue weighted by molar-refractivity contribution is -0.870. The highest BCUT2D eigenvalue weighted by atomic mass is 79.9. The number of hydrogen-bond donors (Lipinski definition) is 0. The Kier molecular flexibility index (Phi) is 7.39. The quantitative estimate of drug-likeness (QED) is 0.628. The first kappa shape index (κ1) is 21.4. The monoisotopic (exact) mass is 404 g/mol. The third-order valence-electron chi connectivity index (χ3n) is 4.46. The van der Waals surface area contributed by atoms with E-state index in [0.717, 1.165) is 28.6 Å². The van der Waals surface area contributed by atoms with Gasteiger partial charge in [-0.05, 0) is 11.1 Å². The maximum Gasteiger partial charge on any atom is 0.237 e. The number of amides is 1. The third-order valence-corrected chi connectivity index (χ3v) is 4.46. The Morgan fingerprint density at radius 1 is 0.880 bits per heavy atom. The number of hydrogen-bond acceptors (Lipinski definition) is 1. The van der Waals surface area contributed by atoms with Gasteiger partial charge in [0.25, 0.3) is 0 Å². The Hall–Kier alpha value is -1.65. The zero-order chi connectivity index (χ0) is 17.8. The predicted octanol–water partition coefficient (Wildman–Crippen LogP) is 0.161. The van der Waals surface area contributed by atoms with E-state index in [2.05, 4.69) is 45.4 Å². The molecule has 0 fully saturated rings. The molecule has 0 heterocycles. The minimum absolute atomic E-state index is 0. The summed E-state index contributed by atoms with van der Waals surface area (Å²) in [5.41, 5.74) is 1.46. The zero-order valence-electron chi connectivity index (χ0n) is 15.9. The summed E-state index contributed by atoms with van der Waals surface area (Å²) in [5, 5.41) is 0. The van der Waals surface area contributed by atoms with Crippen LogP contribution in [0.3, 0.4) is 0 Å². The van der Waals surface area contributed by atoms with Gasteiger partial charge in [-0.15, -0.1) is 0 Å². The summed E-state index contributed by atoms with van der Waals surface area (Å²) in [6.07, 6.45) is 0.765. The highest BCUT2D eigenvalue weighted by molar-refractivity contribution is 5.91. The maximum absolute atomic E-state index is 13.4. The van der Waals surface area contributed by atoms with Gasteiger partial charge < -0.3 is 26.4 Å². The number of carbonyl (C=O) groups excluding carboxylic acids is 1. The first-order valence-corrected chi connectivity index (χ1v) is 8.40. The van der Waals surface area contributed by atoms with E-state index in [4.69, 9.17) is 0 Å². The first-order chi connectivity index (χ1) is 11.3. The fraction of sp³-hybridized carbons (Fsp3) is 0.381. The van der Waals surface area contributed by atoms with E-state index in [1.165, 1.54) is 0 Å². The van der Waals surface area contributed by atoms with Crippen molar-refractivity contribution in [3.8, 4) is 0 Å². The standard InChI is InChI=1S/C21H29N2O.BrH/c1-22(2)20(24)21(16-17-23(3,4)5,18-12-8-6-9-13-18)19-14-10-7-11-15-19;/h6-15H,16-17H2,1-5H3;1H/q+1;/p-1. The Balaban J connectivity index is 0.00000312. The summed E-state index contributed by atoms with van der Waals surface area (Å²) in [7, 11) is 10.2. The molecule has 0 bridgehead atoms. The second-order valence-corrected chi connectivity index (χ2v) is 7.60. The van der Waals surface area contributed by atoms with Gasteiger partial charge in [0.1, 0.15) is 5.41 Å². The van der Waals surface area contributed by atoms with Crippen LogP contribution in [0.5, 0.6) is 0 Å². The SMILES string of the molecule is CN(C)C(=O)C(CC[N+](C)(C)C)(c1ccccc1)c1ccccc1.[Br-]. The molecular formula is C21H29BrN2O. The summed E-state index contributed by atoms with van der Waals surface area (Å²) in [6.45, 7) is 0.906. The first-order valence-electron chi connectivity index (χ1n) is 8.40. The van der Waals surface area contributed by atoms with Crippen LogP contribution in [0.4, 0.5) is 0 Å². The third kappa shape index (κ3) is 4.93. The van der Waals surface area contributed by atoms with Crippen LogP contribution in [0.1, 0.15) is 17.5 Å². The van der Waals surface area contributed by atoms with Gasteiger partial charge in [0.05, 0.1) is 27.7 Å². The number of benzene rings is 2. The molecule has 25 heavy (non-hydrogen) atoms. The highest BCUT2D eigenvalue weighted by Crippen LogP contribution is 2.37. The molecule has 2 aromatic rings. The van der Waals surface area contributed by atoms with Crippen molar-refractivity contribution in [2.75, 3.05) is 41.8 Å². The van der Waals surface area contributed by atoms with Crippen LogP contribution >= 0.6 is 0 Å². The summed E-state index contributed by atoms with van der Waals surface area (Å²) in [5.74, 6) is 0.133. The van der Waals surface area contributed by atoms with Gasteiger partial charge in [0, 0.05) is 20.5 Å². The molecule has 0 aliphatic carbocycles. The lowest BCUT2D eigenvalue weighted by Gasteiger charge is -2.38. The van der Waals surface area contributed by atoms with Crippen molar-refractivity contribution >= 4 is 5.91 Å². The molecule has 0 aromatic heterocycles. The fourth-order valence-electron chi connectivity index (χ4n) is 3.14. The van der Waals surface area contributed by atoms with E-state index in [9.17, 15) is 4.79 Å². The minimum atomic E-state index is -0.655. The molecule has 0 atom stereocenters. The Morgan fingerprint density at radius 2 is 1.28 bits per heavy atom. The fourth-order valence-corrected chi connectivity index (χ4v) is 3.14. The van der Waals surface area contributed by atoms with Gasteiger partial charge in [0.2, 0.25) is 5.91 Å². The molecule has 3 nitrogen and oxygen atoms in total. The second kappa shape index (κ2) is 8.63. The van der Waals surface area contributed by atoms with Gasteiger partial charge >= 0.3 is 0 Å². The van der Waals surface area contributed by atoms with E-state index in [1.807, 2.05) is 50.5 Å². The molecule has 0 unspecified atom stereocenters. The molecule has 0 aliphatic rings. The molecule has 0 N–H and O–H groups in total. The van der Waals surface area contributed by atoms with Crippen LogP contribution < -0.4 is 17.0 Å². The molecule has 0 radical (unpaired) electrons. The van der Waals surface area contributed by atoms with Crippen LogP contribution in [0.2, 0.25) is 0 Å².